The summed E-state index contributed by atoms with van der Waals surface area (Å²) in [5.74, 6) is -0.965. The van der Waals surface area contributed by atoms with Crippen LogP contribution in [0.2, 0.25) is 0 Å². The molecule has 0 unspecified atom stereocenters. The summed E-state index contributed by atoms with van der Waals surface area (Å²) in [4.78, 5) is 10.9. The summed E-state index contributed by atoms with van der Waals surface area (Å²) < 4.78 is 10.6. The zero-order valence-electron chi connectivity index (χ0n) is 8.69. The molecule has 1 rings (SSSR count). The van der Waals surface area contributed by atoms with Crippen molar-refractivity contribution in [2.45, 2.75) is 44.8 Å². The average molecular weight is 203 g/mol. The largest absolute Gasteiger partial charge is 0.388 e. The summed E-state index contributed by atoms with van der Waals surface area (Å²) in [5.41, 5.74) is 5.49. The maximum Gasteiger partial charge on any atom is 0.163 e. The van der Waals surface area contributed by atoms with Gasteiger partial charge < -0.3 is 20.3 Å². The summed E-state index contributed by atoms with van der Waals surface area (Å²) in [6.07, 6.45) is -1.53. The third kappa shape index (κ3) is 2.51. The first-order valence-corrected chi connectivity index (χ1v) is 4.59. The number of carbonyl (C=O) groups is 1. The van der Waals surface area contributed by atoms with Crippen LogP contribution in [0.15, 0.2) is 0 Å². The first-order valence-electron chi connectivity index (χ1n) is 4.59. The number of aliphatic hydroxyl groups excluding tert-OH is 1. The van der Waals surface area contributed by atoms with Gasteiger partial charge >= 0.3 is 0 Å². The zero-order valence-corrected chi connectivity index (χ0v) is 8.69. The predicted molar refractivity (Wildman–Crippen MR) is 49.6 cm³/mol. The molecule has 5 heteroatoms. The van der Waals surface area contributed by atoms with Crippen molar-refractivity contribution in [2.24, 2.45) is 5.73 Å². The number of hydrogen-bond donors (Lipinski definition) is 2. The summed E-state index contributed by atoms with van der Waals surface area (Å²) >= 11 is 0. The molecule has 0 aliphatic carbocycles. The van der Waals surface area contributed by atoms with Gasteiger partial charge in [0.15, 0.2) is 5.79 Å². The quantitative estimate of drug-likeness (QED) is 0.641. The number of hydrogen-bond acceptors (Lipinski definition) is 5. The topological polar surface area (TPSA) is 81.8 Å². The molecule has 0 saturated carbocycles. The van der Waals surface area contributed by atoms with Gasteiger partial charge in [-0.15, -0.1) is 0 Å². The molecule has 1 saturated heterocycles. The van der Waals surface area contributed by atoms with E-state index in [1.807, 2.05) is 0 Å². The van der Waals surface area contributed by atoms with E-state index in [4.69, 9.17) is 15.2 Å². The van der Waals surface area contributed by atoms with Gasteiger partial charge in [0.05, 0.1) is 12.6 Å². The Morgan fingerprint density at radius 1 is 1.64 bits per heavy atom. The Bertz CT molecular complexity index is 229. The molecule has 3 atom stereocenters. The SMILES string of the molecule is CC(=O)[C@@H](N)[C@H](O)[C@H]1COC(C)(C)O1. The van der Waals surface area contributed by atoms with E-state index >= 15 is 0 Å². The molecular weight excluding hydrogens is 186 g/mol. The molecule has 0 aromatic rings. The van der Waals surface area contributed by atoms with Gasteiger partial charge in [-0.1, -0.05) is 0 Å². The first-order chi connectivity index (χ1) is 6.33. The Hall–Kier alpha value is -0.490. The molecule has 5 nitrogen and oxygen atoms in total. The molecule has 82 valence electrons. The third-order valence-corrected chi connectivity index (χ3v) is 2.25. The van der Waals surface area contributed by atoms with E-state index in [0.717, 1.165) is 0 Å². The molecule has 3 N–H and O–H groups in total. The zero-order chi connectivity index (χ0) is 10.9. The number of rotatable bonds is 3. The fourth-order valence-corrected chi connectivity index (χ4v) is 1.36. The van der Waals surface area contributed by atoms with Crippen LogP contribution in [-0.2, 0) is 14.3 Å². The van der Waals surface area contributed by atoms with Crippen LogP contribution in [0.3, 0.4) is 0 Å². The van der Waals surface area contributed by atoms with Crippen molar-refractivity contribution in [1.82, 2.24) is 0 Å². The predicted octanol–water partition coefficient (Wildman–Crippen LogP) is -0.585. The number of ketones is 1. The lowest BCUT2D eigenvalue weighted by Gasteiger charge is -2.23. The van der Waals surface area contributed by atoms with Crippen LogP contribution in [0.25, 0.3) is 0 Å². The van der Waals surface area contributed by atoms with E-state index in [0.29, 0.717) is 0 Å². The van der Waals surface area contributed by atoms with E-state index in [1.54, 1.807) is 13.8 Å². The monoisotopic (exact) mass is 203 g/mol. The van der Waals surface area contributed by atoms with Gasteiger partial charge in [0.25, 0.3) is 0 Å². The van der Waals surface area contributed by atoms with Crippen molar-refractivity contribution >= 4 is 5.78 Å². The van der Waals surface area contributed by atoms with Gasteiger partial charge in [0.2, 0.25) is 0 Å². The van der Waals surface area contributed by atoms with Crippen LogP contribution in [0.1, 0.15) is 20.8 Å². The van der Waals surface area contributed by atoms with E-state index in [2.05, 4.69) is 0 Å². The Kier molecular flexibility index (Phi) is 3.26. The Morgan fingerprint density at radius 3 is 2.57 bits per heavy atom. The molecule has 0 amide bonds. The normalized spacial score (nSPS) is 29.9. The molecule has 1 aliphatic heterocycles. The highest BCUT2D eigenvalue weighted by Crippen LogP contribution is 2.24. The summed E-state index contributed by atoms with van der Waals surface area (Å²) in [7, 11) is 0. The maximum absolute atomic E-state index is 10.9. The van der Waals surface area contributed by atoms with Crippen LogP contribution in [0.4, 0.5) is 0 Å². The molecule has 0 radical (unpaired) electrons. The second-order valence-corrected chi connectivity index (χ2v) is 3.99. The standard InChI is InChI=1S/C9H17NO4/c1-5(11)7(10)8(12)6-4-13-9(2,3)14-6/h6-8,12H,4,10H2,1-3H3/t6-,7-,8-/m1/s1. The van der Waals surface area contributed by atoms with Crippen LogP contribution in [-0.4, -0.2) is 41.5 Å². The molecule has 0 bridgehead atoms. The highest BCUT2D eigenvalue weighted by atomic mass is 16.7. The lowest BCUT2D eigenvalue weighted by molar-refractivity contribution is -0.154. The Balaban J connectivity index is 2.55. The summed E-state index contributed by atoms with van der Waals surface area (Å²) in [6.45, 7) is 5.10. The van der Waals surface area contributed by atoms with Crippen molar-refractivity contribution in [2.75, 3.05) is 6.61 Å². The van der Waals surface area contributed by atoms with Crippen LogP contribution >= 0.6 is 0 Å². The molecule has 0 spiro atoms. The van der Waals surface area contributed by atoms with Crippen molar-refractivity contribution in [3.05, 3.63) is 0 Å². The van der Waals surface area contributed by atoms with Crippen molar-refractivity contribution in [3.8, 4) is 0 Å². The molecule has 1 fully saturated rings. The van der Waals surface area contributed by atoms with Gasteiger partial charge in [0, 0.05) is 0 Å². The van der Waals surface area contributed by atoms with Gasteiger partial charge in [0.1, 0.15) is 18.0 Å². The van der Waals surface area contributed by atoms with Gasteiger partial charge in [-0.3, -0.25) is 4.79 Å². The maximum atomic E-state index is 10.9. The lowest BCUT2D eigenvalue weighted by atomic mass is 10.0. The van der Waals surface area contributed by atoms with Crippen molar-refractivity contribution in [1.29, 1.82) is 0 Å². The average Bonchev–Trinajstić information content (AvgIpc) is 2.43. The number of Topliss-reactive ketones (excluding diaryl/α,β-unsaturated/α-hetero) is 1. The molecule has 1 aliphatic rings. The summed E-state index contributed by atoms with van der Waals surface area (Å²) in [6, 6.07) is -0.905. The van der Waals surface area contributed by atoms with E-state index in [9.17, 15) is 9.90 Å². The number of nitrogens with two attached hydrogens (primary N) is 1. The molecule has 0 aromatic carbocycles. The highest BCUT2D eigenvalue weighted by Gasteiger charge is 2.39. The smallest absolute Gasteiger partial charge is 0.163 e. The minimum atomic E-state index is -1.01. The first kappa shape index (κ1) is 11.6. The number of ether oxygens (including phenoxy) is 2. The Labute approximate surface area is 83.2 Å². The van der Waals surface area contributed by atoms with Gasteiger partial charge in [-0.25, -0.2) is 0 Å². The van der Waals surface area contributed by atoms with Crippen LogP contribution < -0.4 is 5.73 Å². The molecular formula is C9H17NO4. The number of carbonyl (C=O) groups excluding carboxylic acids is 1. The fourth-order valence-electron chi connectivity index (χ4n) is 1.36. The third-order valence-electron chi connectivity index (χ3n) is 2.25. The van der Waals surface area contributed by atoms with Gasteiger partial charge in [-0.05, 0) is 20.8 Å². The van der Waals surface area contributed by atoms with Crippen molar-refractivity contribution < 1.29 is 19.4 Å². The molecule has 0 aromatic heterocycles. The second-order valence-electron chi connectivity index (χ2n) is 3.99. The minimum Gasteiger partial charge on any atom is -0.388 e. The van der Waals surface area contributed by atoms with E-state index < -0.39 is 24.0 Å². The van der Waals surface area contributed by atoms with Crippen molar-refractivity contribution in [3.63, 3.8) is 0 Å². The Morgan fingerprint density at radius 2 is 2.21 bits per heavy atom. The molecule has 14 heavy (non-hydrogen) atoms. The molecule has 1 heterocycles. The highest BCUT2D eigenvalue weighted by molar-refractivity contribution is 5.81. The van der Waals surface area contributed by atoms with Crippen LogP contribution in [0.5, 0.6) is 0 Å². The van der Waals surface area contributed by atoms with Gasteiger partial charge in [-0.2, -0.15) is 0 Å². The second kappa shape index (κ2) is 3.94. The summed E-state index contributed by atoms with van der Waals surface area (Å²) in [5, 5.41) is 9.67. The fraction of sp³-hybridized carbons (Fsp3) is 0.889. The number of aliphatic hydroxyl groups is 1. The minimum absolute atomic E-state index is 0.259. The van der Waals surface area contributed by atoms with E-state index in [1.165, 1.54) is 6.92 Å². The van der Waals surface area contributed by atoms with E-state index in [-0.39, 0.29) is 12.4 Å². The lowest BCUT2D eigenvalue weighted by Crippen LogP contribution is -2.48. The van der Waals surface area contributed by atoms with Crippen LogP contribution in [0, 0.1) is 0 Å².